The first-order valence-corrected chi connectivity index (χ1v) is 17.8. The highest BCUT2D eigenvalue weighted by Gasteiger charge is 2.55. The van der Waals surface area contributed by atoms with Gasteiger partial charge >= 0.3 is 0 Å². The predicted molar refractivity (Wildman–Crippen MR) is 208 cm³/mol. The number of rotatable bonds is 5. The molecule has 0 saturated carbocycles. The first-order chi connectivity index (χ1) is 23.6. The summed E-state index contributed by atoms with van der Waals surface area (Å²) in [6.07, 6.45) is 2.48. The number of hydrogen-bond acceptors (Lipinski definition) is 0. The molecule has 6 aromatic rings. The molecule has 0 spiro atoms. The van der Waals surface area contributed by atoms with Crippen molar-refractivity contribution in [3.8, 4) is 11.1 Å². The zero-order valence-corrected chi connectivity index (χ0v) is 29.7. The zero-order chi connectivity index (χ0) is 34.0. The molecule has 49 heavy (non-hydrogen) atoms. The van der Waals surface area contributed by atoms with Crippen molar-refractivity contribution in [2.75, 3.05) is 0 Å². The van der Waals surface area contributed by atoms with Crippen molar-refractivity contribution < 1.29 is 0 Å². The maximum atomic E-state index is 2.56. The van der Waals surface area contributed by atoms with Gasteiger partial charge in [0.25, 0.3) is 0 Å². The summed E-state index contributed by atoms with van der Waals surface area (Å²) in [5.74, 6) is 0.103. The van der Waals surface area contributed by atoms with Crippen molar-refractivity contribution in [2.45, 2.75) is 69.6 Å². The molecule has 2 aliphatic rings. The molecular weight excluding hydrogens is 589 g/mol. The Hall–Kier alpha value is -4.94. The molecule has 6 aromatic carbocycles. The highest BCUT2D eigenvalue weighted by atomic mass is 14.6. The van der Waals surface area contributed by atoms with Crippen molar-refractivity contribution in [1.29, 1.82) is 0 Å². The van der Waals surface area contributed by atoms with Gasteiger partial charge in [0.1, 0.15) is 0 Å². The number of benzene rings is 6. The highest BCUT2D eigenvalue weighted by molar-refractivity contribution is 5.94. The van der Waals surface area contributed by atoms with Gasteiger partial charge in [-0.05, 0) is 77.6 Å². The first-order valence-electron chi connectivity index (χ1n) is 17.8. The summed E-state index contributed by atoms with van der Waals surface area (Å²) >= 11 is 0. The van der Waals surface area contributed by atoms with E-state index in [0.29, 0.717) is 0 Å². The fourth-order valence-corrected chi connectivity index (χ4v) is 8.81. The molecule has 0 fully saturated rings. The van der Waals surface area contributed by atoms with Crippen molar-refractivity contribution in [1.82, 2.24) is 0 Å². The lowest BCUT2D eigenvalue weighted by molar-refractivity contribution is 0.422. The molecule has 1 atom stereocenters. The van der Waals surface area contributed by atoms with Crippen molar-refractivity contribution in [2.24, 2.45) is 0 Å². The Morgan fingerprint density at radius 2 is 0.837 bits per heavy atom. The minimum absolute atomic E-state index is 0.0160. The van der Waals surface area contributed by atoms with E-state index in [1.807, 2.05) is 0 Å². The van der Waals surface area contributed by atoms with Crippen molar-refractivity contribution in [3.05, 3.63) is 202 Å². The summed E-state index contributed by atoms with van der Waals surface area (Å²) in [5, 5.41) is 0. The van der Waals surface area contributed by atoms with Crippen LogP contribution in [0, 0.1) is 0 Å². The lowest BCUT2D eigenvalue weighted by Crippen LogP contribution is -2.41. The Morgan fingerprint density at radius 3 is 1.33 bits per heavy atom. The molecule has 0 aliphatic heterocycles. The van der Waals surface area contributed by atoms with Gasteiger partial charge in [0.05, 0.1) is 0 Å². The second kappa shape index (κ2) is 11.6. The molecule has 0 N–H and O–H groups in total. The molecule has 1 unspecified atom stereocenters. The van der Waals surface area contributed by atoms with E-state index < -0.39 is 5.41 Å². The van der Waals surface area contributed by atoms with Crippen LogP contribution in [0.3, 0.4) is 0 Å². The summed E-state index contributed by atoms with van der Waals surface area (Å²) in [7, 11) is 0. The fourth-order valence-electron chi connectivity index (χ4n) is 8.81. The average Bonchev–Trinajstić information content (AvgIpc) is 3.66. The summed E-state index contributed by atoms with van der Waals surface area (Å²) in [6, 6.07) is 57.9. The third kappa shape index (κ3) is 5.04. The molecule has 2 aliphatic carbocycles. The predicted octanol–water partition coefficient (Wildman–Crippen LogP) is 12.7. The molecule has 0 amide bonds. The Morgan fingerprint density at radius 1 is 0.388 bits per heavy atom. The lowest BCUT2D eigenvalue weighted by Gasteiger charge is -2.48. The van der Waals surface area contributed by atoms with Crippen LogP contribution in [-0.4, -0.2) is 0 Å². The molecular formula is C49H46. The Bertz CT molecular complexity index is 2070. The number of hydrogen-bond donors (Lipinski definition) is 0. The maximum Gasteiger partial charge on any atom is 0.0421 e. The van der Waals surface area contributed by atoms with Crippen LogP contribution in [0.1, 0.15) is 103 Å². The topological polar surface area (TPSA) is 0 Å². The van der Waals surface area contributed by atoms with Crippen LogP contribution >= 0.6 is 0 Å². The third-order valence-electron chi connectivity index (χ3n) is 11.2. The Balaban J connectivity index is 1.56. The molecule has 8 rings (SSSR count). The normalized spacial score (nSPS) is 15.8. The van der Waals surface area contributed by atoms with Gasteiger partial charge in [0.2, 0.25) is 0 Å². The van der Waals surface area contributed by atoms with Gasteiger partial charge in [0.15, 0.2) is 0 Å². The van der Waals surface area contributed by atoms with E-state index in [0.717, 1.165) is 0 Å². The van der Waals surface area contributed by atoms with Gasteiger partial charge in [-0.15, -0.1) is 0 Å². The van der Waals surface area contributed by atoms with E-state index in [9.17, 15) is 0 Å². The molecule has 0 saturated heterocycles. The van der Waals surface area contributed by atoms with Crippen LogP contribution in [0.25, 0.3) is 22.8 Å². The van der Waals surface area contributed by atoms with Crippen LogP contribution in [0.15, 0.2) is 152 Å². The van der Waals surface area contributed by atoms with Gasteiger partial charge in [-0.1, -0.05) is 199 Å². The van der Waals surface area contributed by atoms with E-state index in [1.165, 1.54) is 66.8 Å². The minimum atomic E-state index is -0.482. The van der Waals surface area contributed by atoms with Crippen molar-refractivity contribution >= 4 is 11.6 Å². The standard InChI is InChI=1S/C49H46/c1-47(2,3)37-26-28-40-41-29-27-38(48(4,5)6)32-44(41)46(43(40)31-37)49(35-21-12-8-13-22-35,36-23-14-9-15-24-36)45-39-25-17-16-20-34(39)30-42(45)33-18-10-7-11-19-33/h7-32,45-46H,1-6H3. The highest BCUT2D eigenvalue weighted by Crippen LogP contribution is 2.66. The lowest BCUT2D eigenvalue weighted by atomic mass is 9.53. The summed E-state index contributed by atoms with van der Waals surface area (Å²) in [6.45, 7) is 14.1. The third-order valence-corrected chi connectivity index (χ3v) is 11.2. The van der Waals surface area contributed by atoms with Crippen LogP contribution in [0.4, 0.5) is 0 Å². The molecule has 0 radical (unpaired) electrons. The number of allylic oxidation sites excluding steroid dienone is 1. The maximum absolute atomic E-state index is 2.56. The largest absolute Gasteiger partial charge is 0.0622 e. The van der Waals surface area contributed by atoms with Crippen LogP contribution in [0.5, 0.6) is 0 Å². The smallest absolute Gasteiger partial charge is 0.0421 e. The monoisotopic (exact) mass is 634 g/mol. The zero-order valence-electron chi connectivity index (χ0n) is 29.7. The summed E-state index contributed by atoms with van der Waals surface area (Å²) in [5.41, 5.74) is 15.9. The van der Waals surface area contributed by atoms with E-state index in [1.54, 1.807) is 0 Å². The average molecular weight is 635 g/mol. The minimum Gasteiger partial charge on any atom is -0.0622 e. The summed E-state index contributed by atoms with van der Waals surface area (Å²) < 4.78 is 0. The first kappa shape index (κ1) is 31.3. The van der Waals surface area contributed by atoms with E-state index in [-0.39, 0.29) is 22.7 Å². The molecule has 0 aromatic heterocycles. The molecule has 0 heterocycles. The fraction of sp³-hybridized carbons (Fsp3) is 0.224. The van der Waals surface area contributed by atoms with Gasteiger partial charge in [-0.3, -0.25) is 0 Å². The Labute approximate surface area is 293 Å². The SMILES string of the molecule is CC(C)(C)c1ccc2c(c1)C(C(c1ccccc1)(c1ccccc1)C1C(c3ccccc3)=Cc3ccccc31)c1cc(C(C)(C)C)ccc1-2. The van der Waals surface area contributed by atoms with Crippen LogP contribution in [-0.2, 0) is 16.2 Å². The summed E-state index contributed by atoms with van der Waals surface area (Å²) in [4.78, 5) is 0. The van der Waals surface area contributed by atoms with Gasteiger partial charge in [-0.2, -0.15) is 0 Å². The van der Waals surface area contributed by atoms with Gasteiger partial charge < -0.3 is 0 Å². The van der Waals surface area contributed by atoms with E-state index in [4.69, 9.17) is 0 Å². The molecule has 0 bridgehead atoms. The van der Waals surface area contributed by atoms with Gasteiger partial charge in [0, 0.05) is 17.3 Å². The number of fused-ring (bicyclic) bond motifs is 4. The van der Waals surface area contributed by atoms with Crippen LogP contribution < -0.4 is 0 Å². The van der Waals surface area contributed by atoms with E-state index in [2.05, 4.69) is 199 Å². The van der Waals surface area contributed by atoms with E-state index >= 15 is 0 Å². The van der Waals surface area contributed by atoms with Crippen molar-refractivity contribution in [3.63, 3.8) is 0 Å². The second-order valence-corrected chi connectivity index (χ2v) is 16.2. The molecule has 0 nitrogen and oxygen atoms in total. The second-order valence-electron chi connectivity index (χ2n) is 16.2. The molecule has 242 valence electrons. The molecule has 0 heteroatoms. The quantitative estimate of drug-likeness (QED) is 0.177. The van der Waals surface area contributed by atoms with Crippen LogP contribution in [0.2, 0.25) is 0 Å². The van der Waals surface area contributed by atoms with Gasteiger partial charge in [-0.25, -0.2) is 0 Å². The Kier molecular flexibility index (Phi) is 7.41.